The smallest absolute Gasteiger partial charge is 0.261 e. The van der Waals surface area contributed by atoms with Crippen LogP contribution in [0.25, 0.3) is 28.3 Å². The average Bonchev–Trinajstić information content (AvgIpc) is 3.23. The normalized spacial score (nSPS) is 11.5. The fourth-order valence-corrected chi connectivity index (χ4v) is 4.58. The number of anilines is 1. The van der Waals surface area contributed by atoms with Gasteiger partial charge in [0.05, 0.1) is 10.6 Å². The Balaban J connectivity index is 1.43. The van der Waals surface area contributed by atoms with Crippen molar-refractivity contribution in [1.82, 2.24) is 24.8 Å². The Kier molecular flexibility index (Phi) is 5.31. The molecule has 0 unspecified atom stereocenters. The third-order valence-corrected chi connectivity index (χ3v) is 6.87. The van der Waals surface area contributed by atoms with Crippen molar-refractivity contribution < 1.29 is 8.42 Å². The van der Waals surface area contributed by atoms with Crippen LogP contribution in [0.1, 0.15) is 0 Å². The molecule has 3 aromatic heterocycles. The lowest BCUT2D eigenvalue weighted by molar-refractivity contribution is 0.601. The van der Waals surface area contributed by atoms with Crippen LogP contribution in [-0.2, 0) is 10.0 Å². The number of hydrogen-bond acceptors (Lipinski definition) is 6. The highest BCUT2D eigenvalue weighted by Crippen LogP contribution is 2.24. The summed E-state index contributed by atoms with van der Waals surface area (Å²) in [5, 5.41) is 13.1. The van der Waals surface area contributed by atoms with Gasteiger partial charge in [0.1, 0.15) is 0 Å². The Morgan fingerprint density at radius 1 is 0.781 bits per heavy atom. The molecule has 0 radical (unpaired) electrons. The maximum absolute atomic E-state index is 12.6. The molecule has 3 heterocycles. The second kappa shape index (κ2) is 8.28. The van der Waals surface area contributed by atoms with Crippen LogP contribution in [0.3, 0.4) is 0 Å². The van der Waals surface area contributed by atoms with E-state index in [0.717, 1.165) is 14.7 Å². The lowest BCUT2D eigenvalue weighted by Gasteiger charge is -2.09. The minimum atomic E-state index is -3.66. The highest BCUT2D eigenvalue weighted by molar-refractivity contribution is 14.1. The molecular weight excluding hydrogens is 539 g/mol. The summed E-state index contributed by atoms with van der Waals surface area (Å²) in [5.41, 5.74) is 3.49. The molecule has 32 heavy (non-hydrogen) atoms. The number of nitrogens with one attached hydrogen (secondary N) is 1. The molecule has 0 atom stereocenters. The van der Waals surface area contributed by atoms with Crippen LogP contribution in [0.2, 0.25) is 0 Å². The molecule has 0 aliphatic rings. The van der Waals surface area contributed by atoms with Crippen molar-refractivity contribution in [2.45, 2.75) is 4.90 Å². The van der Waals surface area contributed by atoms with Crippen molar-refractivity contribution in [2.24, 2.45) is 0 Å². The summed E-state index contributed by atoms with van der Waals surface area (Å²) in [6.07, 6.45) is 3.38. The molecule has 0 aliphatic heterocycles. The Labute approximate surface area is 197 Å². The van der Waals surface area contributed by atoms with E-state index < -0.39 is 10.0 Å². The summed E-state index contributed by atoms with van der Waals surface area (Å²) in [5.74, 6) is 0.617. The van der Waals surface area contributed by atoms with E-state index in [9.17, 15) is 8.42 Å². The molecule has 0 amide bonds. The maximum Gasteiger partial charge on any atom is 0.261 e. The number of aromatic nitrogens is 5. The van der Waals surface area contributed by atoms with E-state index in [1.807, 2.05) is 36.4 Å². The molecule has 0 spiro atoms. The van der Waals surface area contributed by atoms with Gasteiger partial charge < -0.3 is 0 Å². The number of nitrogens with zero attached hydrogens (tertiary/aromatic N) is 5. The first-order valence-corrected chi connectivity index (χ1v) is 12.1. The molecule has 158 valence electrons. The number of fused-ring (bicyclic) bond motifs is 1. The molecule has 0 fully saturated rings. The van der Waals surface area contributed by atoms with Crippen molar-refractivity contribution in [1.29, 1.82) is 0 Å². The molecule has 0 bridgehead atoms. The molecule has 10 heteroatoms. The van der Waals surface area contributed by atoms with Gasteiger partial charge in [-0.1, -0.05) is 12.1 Å². The quantitative estimate of drug-likeness (QED) is 0.326. The first kappa shape index (κ1) is 20.5. The van der Waals surface area contributed by atoms with Gasteiger partial charge in [-0.3, -0.25) is 9.71 Å². The standard InChI is InChI=1S/C22H15IN6O2S/c23-17-3-7-19(8-4-17)32(30,31)28-18-5-1-15(2-6-18)20-9-10-21-25-26-22(29(21)27-20)16-11-13-24-14-12-16/h1-14,28H. The average molecular weight is 554 g/mol. The van der Waals surface area contributed by atoms with E-state index in [1.54, 1.807) is 53.3 Å². The van der Waals surface area contributed by atoms with Gasteiger partial charge in [-0.25, -0.2) is 8.42 Å². The Morgan fingerprint density at radius 3 is 2.22 bits per heavy atom. The highest BCUT2D eigenvalue weighted by atomic mass is 127. The summed E-state index contributed by atoms with van der Waals surface area (Å²) >= 11 is 2.13. The minimum Gasteiger partial charge on any atom is -0.280 e. The van der Waals surface area contributed by atoms with E-state index in [4.69, 9.17) is 0 Å². The summed E-state index contributed by atoms with van der Waals surface area (Å²) in [4.78, 5) is 4.24. The van der Waals surface area contributed by atoms with E-state index in [2.05, 4.69) is 47.6 Å². The zero-order valence-electron chi connectivity index (χ0n) is 16.4. The fourth-order valence-electron chi connectivity index (χ4n) is 3.16. The second-order valence-corrected chi connectivity index (χ2v) is 9.81. The van der Waals surface area contributed by atoms with Gasteiger partial charge in [0.15, 0.2) is 11.5 Å². The van der Waals surface area contributed by atoms with Gasteiger partial charge in [0, 0.05) is 32.8 Å². The van der Waals surface area contributed by atoms with Crippen molar-refractivity contribution in [3.05, 3.63) is 88.8 Å². The van der Waals surface area contributed by atoms with E-state index in [1.165, 1.54) is 0 Å². The second-order valence-electron chi connectivity index (χ2n) is 6.88. The molecular formula is C22H15IN6O2S. The van der Waals surface area contributed by atoms with Crippen LogP contribution in [-0.4, -0.2) is 33.2 Å². The SMILES string of the molecule is O=S(=O)(Nc1ccc(-c2ccc3nnc(-c4ccncc4)n3n2)cc1)c1ccc(I)cc1. The number of hydrogen-bond donors (Lipinski definition) is 1. The Hall–Kier alpha value is -3.38. The van der Waals surface area contributed by atoms with Crippen molar-refractivity contribution in [3.8, 4) is 22.6 Å². The molecule has 0 aliphatic carbocycles. The first-order valence-electron chi connectivity index (χ1n) is 9.51. The monoisotopic (exact) mass is 554 g/mol. The molecule has 5 aromatic rings. The largest absolute Gasteiger partial charge is 0.280 e. The van der Waals surface area contributed by atoms with Crippen molar-refractivity contribution in [3.63, 3.8) is 0 Å². The van der Waals surface area contributed by atoms with E-state index >= 15 is 0 Å². The first-order chi connectivity index (χ1) is 15.5. The predicted octanol–water partition coefficient (Wildman–Crippen LogP) is 4.26. The lowest BCUT2D eigenvalue weighted by Crippen LogP contribution is -2.12. The summed E-state index contributed by atoms with van der Waals surface area (Å²) in [6, 6.07) is 21.1. The predicted molar refractivity (Wildman–Crippen MR) is 129 cm³/mol. The number of benzene rings is 2. The third-order valence-electron chi connectivity index (χ3n) is 4.76. The molecule has 0 saturated heterocycles. The fraction of sp³-hybridized carbons (Fsp3) is 0. The molecule has 0 saturated carbocycles. The van der Waals surface area contributed by atoms with Crippen LogP contribution >= 0.6 is 22.6 Å². The maximum atomic E-state index is 12.6. The number of rotatable bonds is 5. The number of pyridine rings is 1. The van der Waals surface area contributed by atoms with E-state index in [0.29, 0.717) is 22.9 Å². The molecule has 8 nitrogen and oxygen atoms in total. The highest BCUT2D eigenvalue weighted by Gasteiger charge is 2.15. The van der Waals surface area contributed by atoms with Crippen LogP contribution in [0.5, 0.6) is 0 Å². The molecule has 5 rings (SSSR count). The zero-order valence-corrected chi connectivity index (χ0v) is 19.4. The van der Waals surface area contributed by atoms with E-state index in [-0.39, 0.29) is 4.90 Å². The minimum absolute atomic E-state index is 0.213. The van der Waals surface area contributed by atoms with Gasteiger partial charge in [-0.2, -0.15) is 9.61 Å². The summed E-state index contributed by atoms with van der Waals surface area (Å²) in [6.45, 7) is 0. The lowest BCUT2D eigenvalue weighted by atomic mass is 10.1. The van der Waals surface area contributed by atoms with Gasteiger partial charge in [-0.05, 0) is 83.3 Å². The van der Waals surface area contributed by atoms with Crippen molar-refractivity contribution in [2.75, 3.05) is 4.72 Å². The van der Waals surface area contributed by atoms with Crippen molar-refractivity contribution >= 4 is 43.9 Å². The van der Waals surface area contributed by atoms with Gasteiger partial charge in [0.2, 0.25) is 0 Å². The van der Waals surface area contributed by atoms with Gasteiger partial charge in [-0.15, -0.1) is 10.2 Å². The van der Waals surface area contributed by atoms with Gasteiger partial charge in [0.25, 0.3) is 10.0 Å². The van der Waals surface area contributed by atoms with Crippen LogP contribution in [0, 0.1) is 3.57 Å². The van der Waals surface area contributed by atoms with Crippen LogP contribution in [0.15, 0.2) is 90.1 Å². The summed E-state index contributed by atoms with van der Waals surface area (Å²) < 4.78 is 30.5. The number of sulfonamides is 1. The Bertz CT molecular complexity index is 1500. The molecule has 2 aromatic carbocycles. The van der Waals surface area contributed by atoms with Crippen LogP contribution < -0.4 is 4.72 Å². The molecule has 1 N–H and O–H groups in total. The Morgan fingerprint density at radius 2 is 1.50 bits per heavy atom. The third kappa shape index (κ3) is 4.06. The van der Waals surface area contributed by atoms with Crippen LogP contribution in [0.4, 0.5) is 5.69 Å². The topological polar surface area (TPSA) is 102 Å². The number of halogens is 1. The zero-order chi connectivity index (χ0) is 22.1. The summed E-state index contributed by atoms with van der Waals surface area (Å²) in [7, 11) is -3.66. The van der Waals surface area contributed by atoms with Gasteiger partial charge >= 0.3 is 0 Å².